The molecule has 1 aromatic carbocycles. The lowest BCUT2D eigenvalue weighted by Crippen LogP contribution is -2.67. The van der Waals surface area contributed by atoms with E-state index in [4.69, 9.17) is 4.84 Å². The third kappa shape index (κ3) is 5.91. The molecule has 0 aliphatic carbocycles. The molecule has 12 nitrogen and oxygen atoms in total. The molecule has 186 valence electrons. The topological polar surface area (TPSA) is 175 Å². The van der Waals surface area contributed by atoms with Crippen molar-refractivity contribution >= 4 is 27.8 Å². The van der Waals surface area contributed by atoms with Crippen LogP contribution in [0.1, 0.15) is 36.0 Å². The summed E-state index contributed by atoms with van der Waals surface area (Å²) in [6.45, 7) is 5.69. The molecular formula is C21H30N6O6S. The highest BCUT2D eigenvalue weighted by atomic mass is 32.2. The first-order valence-electron chi connectivity index (χ1n) is 10.8. The number of hydroxylamine groups is 1. The maximum Gasteiger partial charge on any atom is 0.345 e. The normalized spacial score (nSPS) is 17.8. The first-order valence-corrected chi connectivity index (χ1v) is 12.3. The molecule has 0 radical (unpaired) electrons. The van der Waals surface area contributed by atoms with Gasteiger partial charge in [-0.05, 0) is 51.2 Å². The van der Waals surface area contributed by atoms with Crippen LogP contribution in [0.2, 0.25) is 0 Å². The highest BCUT2D eigenvalue weighted by Crippen LogP contribution is 2.24. The standard InChI is InChI=1S/C21H30N6O6S/c1-13-11-14(2)17(15(3)12-13)34(31,32)27-21(19(29)30,25-18(28)16-5-10-33-26-16)6-4-7-22-20-23-8-9-24-20/h8-9,11-12,16,26-27H,4-7,10H2,1-3H3,(H,25,28)(H,29,30)(H2,22,23,24). The van der Waals surface area contributed by atoms with Crippen molar-refractivity contribution in [3.63, 3.8) is 0 Å². The summed E-state index contributed by atoms with van der Waals surface area (Å²) in [6.07, 6.45) is 3.49. The SMILES string of the molecule is Cc1cc(C)c(S(=O)(=O)NC(CCCNc2ncc[nH]2)(NC(=O)C2CCON2)C(=O)O)c(C)c1. The molecule has 1 saturated heterocycles. The molecular weight excluding hydrogens is 464 g/mol. The Kier molecular flexibility index (Phi) is 7.92. The second-order valence-electron chi connectivity index (χ2n) is 8.31. The summed E-state index contributed by atoms with van der Waals surface area (Å²) in [4.78, 5) is 37.2. The average Bonchev–Trinajstić information content (AvgIpc) is 3.43. The van der Waals surface area contributed by atoms with Crippen molar-refractivity contribution in [3.05, 3.63) is 41.2 Å². The number of imidazole rings is 1. The van der Waals surface area contributed by atoms with Gasteiger partial charge >= 0.3 is 5.97 Å². The largest absolute Gasteiger partial charge is 0.478 e. The Bertz CT molecular complexity index is 1110. The summed E-state index contributed by atoms with van der Waals surface area (Å²) < 4.78 is 29.2. The van der Waals surface area contributed by atoms with E-state index in [9.17, 15) is 23.1 Å². The van der Waals surface area contributed by atoms with Gasteiger partial charge in [0.1, 0.15) is 6.04 Å². The van der Waals surface area contributed by atoms with E-state index in [0.717, 1.165) is 5.56 Å². The molecule has 0 saturated carbocycles. The van der Waals surface area contributed by atoms with Crippen LogP contribution in [0.5, 0.6) is 0 Å². The number of aromatic amines is 1. The van der Waals surface area contributed by atoms with Gasteiger partial charge in [-0.15, -0.1) is 0 Å². The number of rotatable bonds is 11. The molecule has 34 heavy (non-hydrogen) atoms. The second kappa shape index (κ2) is 10.5. The van der Waals surface area contributed by atoms with Crippen LogP contribution in [0.25, 0.3) is 0 Å². The van der Waals surface area contributed by atoms with Crippen molar-refractivity contribution < 1.29 is 28.0 Å². The molecule has 13 heteroatoms. The number of nitrogens with zero attached hydrogens (tertiary/aromatic N) is 1. The zero-order valence-electron chi connectivity index (χ0n) is 19.3. The van der Waals surface area contributed by atoms with Gasteiger partial charge in [-0.1, -0.05) is 17.7 Å². The Morgan fingerprint density at radius 3 is 2.53 bits per heavy atom. The quantitative estimate of drug-likeness (QED) is 0.194. The van der Waals surface area contributed by atoms with E-state index in [2.05, 4.69) is 30.8 Å². The number of H-pyrrole nitrogens is 1. The number of nitrogens with one attached hydrogen (secondary N) is 5. The maximum absolute atomic E-state index is 13.4. The van der Waals surface area contributed by atoms with E-state index in [0.29, 0.717) is 23.5 Å². The van der Waals surface area contributed by atoms with Gasteiger partial charge < -0.3 is 25.6 Å². The van der Waals surface area contributed by atoms with Crippen LogP contribution < -0.4 is 20.8 Å². The van der Waals surface area contributed by atoms with Crippen LogP contribution in [0.4, 0.5) is 5.95 Å². The van der Waals surface area contributed by atoms with Crippen molar-refractivity contribution in [2.24, 2.45) is 0 Å². The van der Waals surface area contributed by atoms with Gasteiger partial charge in [0.05, 0.1) is 11.5 Å². The van der Waals surface area contributed by atoms with Crippen molar-refractivity contribution in [3.8, 4) is 0 Å². The molecule has 2 heterocycles. The highest BCUT2D eigenvalue weighted by molar-refractivity contribution is 7.89. The molecule has 2 aromatic rings. The highest BCUT2D eigenvalue weighted by Gasteiger charge is 2.45. The zero-order chi connectivity index (χ0) is 24.9. The number of amides is 1. The van der Waals surface area contributed by atoms with E-state index in [1.807, 2.05) is 6.92 Å². The number of aliphatic carboxylic acids is 1. The fourth-order valence-electron chi connectivity index (χ4n) is 4.01. The summed E-state index contributed by atoms with van der Waals surface area (Å²) in [5, 5.41) is 15.6. The molecule has 2 atom stereocenters. The van der Waals surface area contributed by atoms with Gasteiger partial charge in [0.25, 0.3) is 0 Å². The van der Waals surface area contributed by atoms with Gasteiger partial charge in [-0.25, -0.2) is 18.2 Å². The third-order valence-electron chi connectivity index (χ3n) is 5.45. The van der Waals surface area contributed by atoms with Gasteiger partial charge in [0.15, 0.2) is 5.95 Å². The number of anilines is 1. The van der Waals surface area contributed by atoms with Crippen LogP contribution in [0.3, 0.4) is 0 Å². The number of benzene rings is 1. The fourth-order valence-corrected chi connectivity index (χ4v) is 5.78. The Morgan fingerprint density at radius 2 is 1.97 bits per heavy atom. The van der Waals surface area contributed by atoms with Crippen LogP contribution >= 0.6 is 0 Å². The summed E-state index contributed by atoms with van der Waals surface area (Å²) >= 11 is 0. The van der Waals surface area contributed by atoms with Gasteiger partial charge in [-0.3, -0.25) is 4.79 Å². The summed E-state index contributed by atoms with van der Waals surface area (Å²) in [6, 6.07) is 2.61. The predicted octanol–water partition coefficient (Wildman–Crippen LogP) is 0.696. The molecule has 1 aromatic heterocycles. The molecule has 0 spiro atoms. The number of carboxylic acid groups (broad SMARTS) is 1. The van der Waals surface area contributed by atoms with Gasteiger partial charge in [-0.2, -0.15) is 10.2 Å². The molecule has 1 fully saturated rings. The van der Waals surface area contributed by atoms with Crippen molar-refractivity contribution in [1.82, 2.24) is 25.5 Å². The molecule has 2 unspecified atom stereocenters. The Balaban J connectivity index is 1.89. The number of carbonyl (C=O) groups excluding carboxylic acids is 1. The minimum atomic E-state index is -4.33. The second-order valence-corrected chi connectivity index (χ2v) is 9.93. The number of aromatic nitrogens is 2. The Morgan fingerprint density at radius 1 is 1.26 bits per heavy atom. The molecule has 1 aliphatic rings. The zero-order valence-corrected chi connectivity index (χ0v) is 20.1. The summed E-state index contributed by atoms with van der Waals surface area (Å²) in [5.41, 5.74) is 2.06. The molecule has 1 aliphatic heterocycles. The number of hydrogen-bond acceptors (Lipinski definition) is 8. The van der Waals surface area contributed by atoms with Crippen molar-refractivity contribution in [2.45, 2.75) is 56.6 Å². The van der Waals surface area contributed by atoms with E-state index < -0.39 is 33.6 Å². The summed E-state index contributed by atoms with van der Waals surface area (Å²) in [5.74, 6) is -1.72. The Labute approximate surface area is 197 Å². The molecule has 0 bridgehead atoms. The van der Waals surface area contributed by atoms with Gasteiger partial charge in [0, 0.05) is 18.9 Å². The molecule has 1 amide bonds. The average molecular weight is 495 g/mol. The maximum atomic E-state index is 13.4. The van der Waals surface area contributed by atoms with E-state index >= 15 is 0 Å². The van der Waals surface area contributed by atoms with E-state index in [1.165, 1.54) is 0 Å². The van der Waals surface area contributed by atoms with Crippen molar-refractivity contribution in [1.29, 1.82) is 0 Å². The van der Waals surface area contributed by atoms with Gasteiger partial charge in [0.2, 0.25) is 21.6 Å². The summed E-state index contributed by atoms with van der Waals surface area (Å²) in [7, 11) is -4.33. The smallest absolute Gasteiger partial charge is 0.345 e. The number of sulfonamides is 1. The van der Waals surface area contributed by atoms with Crippen molar-refractivity contribution in [2.75, 3.05) is 18.5 Å². The first-order chi connectivity index (χ1) is 16.0. The third-order valence-corrected chi connectivity index (χ3v) is 7.25. The number of hydrogen-bond donors (Lipinski definition) is 6. The monoisotopic (exact) mass is 494 g/mol. The van der Waals surface area contributed by atoms with E-state index in [-0.39, 0.29) is 30.9 Å². The van der Waals surface area contributed by atoms with Crippen LogP contribution in [-0.4, -0.2) is 60.2 Å². The predicted molar refractivity (Wildman–Crippen MR) is 123 cm³/mol. The lowest BCUT2D eigenvalue weighted by molar-refractivity contribution is -0.149. The van der Waals surface area contributed by atoms with Crippen LogP contribution in [0.15, 0.2) is 29.4 Å². The van der Waals surface area contributed by atoms with Crippen LogP contribution in [-0.2, 0) is 24.4 Å². The van der Waals surface area contributed by atoms with E-state index in [1.54, 1.807) is 38.4 Å². The lowest BCUT2D eigenvalue weighted by atomic mass is 10.0. The first kappa shape index (κ1) is 25.6. The minimum Gasteiger partial charge on any atom is -0.478 e. The minimum absolute atomic E-state index is 0.0194. The molecule has 3 rings (SSSR count). The lowest BCUT2D eigenvalue weighted by Gasteiger charge is -2.32. The number of carbonyl (C=O) groups is 2. The van der Waals surface area contributed by atoms with Crippen LogP contribution in [0, 0.1) is 20.8 Å². The fraction of sp³-hybridized carbons (Fsp3) is 0.476. The Hall–Kier alpha value is -3.00. The number of carboxylic acids is 1. The number of aryl methyl sites for hydroxylation is 3. The molecule has 6 N–H and O–H groups in total.